The molecule has 3 aromatic rings. The first-order valence-corrected chi connectivity index (χ1v) is 13.5. The zero-order chi connectivity index (χ0) is 33.2. The molecule has 17 heteroatoms. The van der Waals surface area contributed by atoms with Crippen LogP contribution in [0.15, 0.2) is 39.5 Å². The van der Waals surface area contributed by atoms with Crippen molar-refractivity contribution in [1.29, 1.82) is 0 Å². The molecule has 0 spiro atoms. The molecule has 1 saturated heterocycles. The second kappa shape index (κ2) is 14.1. The van der Waals surface area contributed by atoms with Crippen molar-refractivity contribution < 1.29 is 79.5 Å². The van der Waals surface area contributed by atoms with E-state index in [4.69, 9.17) is 23.4 Å². The fourth-order valence-corrected chi connectivity index (χ4v) is 4.70. The van der Waals surface area contributed by atoms with E-state index < -0.39 is 103 Å². The first-order chi connectivity index (χ1) is 21.3. The number of ether oxygens (including phenoxy) is 4. The van der Waals surface area contributed by atoms with Gasteiger partial charge in [-0.05, 0) is 18.2 Å². The summed E-state index contributed by atoms with van der Waals surface area (Å²) >= 11 is 0. The third-order valence-electron chi connectivity index (χ3n) is 7.22. The maximum Gasteiger partial charge on any atom is 0.239 e. The minimum atomic E-state index is -2.13. The van der Waals surface area contributed by atoms with E-state index in [0.717, 1.165) is 12.1 Å². The molecule has 248 valence electrons. The van der Waals surface area contributed by atoms with Gasteiger partial charge in [0.25, 0.3) is 0 Å². The molecule has 0 amide bonds. The van der Waals surface area contributed by atoms with Gasteiger partial charge >= 0.3 is 0 Å². The summed E-state index contributed by atoms with van der Waals surface area (Å²) < 4.78 is 27.5. The minimum Gasteiger partial charge on any atom is -0.508 e. The van der Waals surface area contributed by atoms with Crippen molar-refractivity contribution in [3.63, 3.8) is 0 Å². The Balaban J connectivity index is 1.79. The monoisotopic (exact) mass is 642 g/mol. The van der Waals surface area contributed by atoms with Gasteiger partial charge in [0, 0.05) is 17.7 Å². The summed E-state index contributed by atoms with van der Waals surface area (Å²) in [7, 11) is 1.26. The molecule has 8 unspecified atom stereocenters. The standard InChI is InChI=1S/C28H34O17/c1-41-15-4-10(2-3-12(15)32)26-27(23(38)19-13(33)5-11(31)6-16(19)43-26)42-9-18(22(37)20(35)14(34)7-29)45-28-25(40)24(39)21(36)17(8-30)44-28/h2-6,14,17-18,20-22,24-25,28-37,39-40H,7-9H2,1H3/t14?,17?,18-,20?,21?,22?,24?,25?,28?/m1/s1. The number of rotatable bonds is 12. The molecule has 17 nitrogen and oxygen atoms in total. The van der Waals surface area contributed by atoms with Crippen molar-refractivity contribution in [1.82, 2.24) is 0 Å². The molecular formula is C28H34O17. The zero-order valence-electron chi connectivity index (χ0n) is 23.6. The van der Waals surface area contributed by atoms with E-state index in [-0.39, 0.29) is 28.4 Å². The third kappa shape index (κ3) is 6.92. The Kier molecular flexibility index (Phi) is 10.7. The minimum absolute atomic E-state index is 0.0414. The van der Waals surface area contributed by atoms with E-state index in [0.29, 0.717) is 0 Å². The molecule has 1 fully saturated rings. The molecule has 0 aliphatic carbocycles. The van der Waals surface area contributed by atoms with Gasteiger partial charge in [-0.1, -0.05) is 0 Å². The lowest BCUT2D eigenvalue weighted by Gasteiger charge is -2.41. The van der Waals surface area contributed by atoms with Crippen molar-refractivity contribution in [2.75, 3.05) is 26.9 Å². The Morgan fingerprint density at radius 2 is 1.62 bits per heavy atom. The maximum absolute atomic E-state index is 13.7. The molecule has 4 rings (SSSR count). The Bertz CT molecular complexity index is 1520. The van der Waals surface area contributed by atoms with Gasteiger partial charge in [-0.15, -0.1) is 0 Å². The van der Waals surface area contributed by atoms with E-state index >= 15 is 0 Å². The molecular weight excluding hydrogens is 608 g/mol. The van der Waals surface area contributed by atoms with E-state index in [2.05, 4.69) is 0 Å². The summed E-state index contributed by atoms with van der Waals surface area (Å²) in [5, 5.41) is 111. The number of fused-ring (bicyclic) bond motifs is 1. The molecule has 0 bridgehead atoms. The predicted molar refractivity (Wildman–Crippen MR) is 149 cm³/mol. The molecule has 1 aromatic heterocycles. The Morgan fingerprint density at radius 1 is 0.911 bits per heavy atom. The van der Waals surface area contributed by atoms with Crippen molar-refractivity contribution >= 4 is 11.0 Å². The van der Waals surface area contributed by atoms with Crippen LogP contribution >= 0.6 is 0 Å². The number of aliphatic hydroxyl groups is 8. The van der Waals surface area contributed by atoms with Gasteiger partial charge in [0.2, 0.25) is 11.2 Å². The average molecular weight is 643 g/mol. The van der Waals surface area contributed by atoms with Crippen LogP contribution in [0.25, 0.3) is 22.3 Å². The molecule has 9 atom stereocenters. The fraction of sp³-hybridized carbons (Fsp3) is 0.464. The van der Waals surface area contributed by atoms with Crippen LogP contribution in [0.2, 0.25) is 0 Å². The number of phenolic OH excluding ortho intramolecular Hbond substituents is 3. The van der Waals surface area contributed by atoms with Crippen LogP contribution in [-0.2, 0) is 9.47 Å². The molecule has 0 radical (unpaired) electrons. The summed E-state index contributed by atoms with van der Waals surface area (Å²) in [4.78, 5) is 13.7. The second-order valence-electron chi connectivity index (χ2n) is 10.2. The Labute approximate surface area is 253 Å². The lowest BCUT2D eigenvalue weighted by molar-refractivity contribution is -0.321. The second-order valence-corrected chi connectivity index (χ2v) is 10.2. The largest absolute Gasteiger partial charge is 0.508 e. The number of benzene rings is 2. The molecule has 2 heterocycles. The van der Waals surface area contributed by atoms with Crippen molar-refractivity contribution in [2.24, 2.45) is 0 Å². The summed E-state index contributed by atoms with van der Waals surface area (Å²) in [6, 6.07) is 5.71. The van der Waals surface area contributed by atoms with Crippen molar-refractivity contribution in [2.45, 2.75) is 55.1 Å². The molecule has 0 saturated carbocycles. The summed E-state index contributed by atoms with van der Waals surface area (Å²) in [6.07, 6.45) is -16.9. The van der Waals surface area contributed by atoms with Crippen molar-refractivity contribution in [3.8, 4) is 40.1 Å². The van der Waals surface area contributed by atoms with Gasteiger partial charge in [-0.25, -0.2) is 0 Å². The van der Waals surface area contributed by atoms with Crippen LogP contribution in [0.5, 0.6) is 28.7 Å². The van der Waals surface area contributed by atoms with E-state index in [9.17, 15) is 61.0 Å². The number of aliphatic hydroxyl groups excluding tert-OH is 8. The molecule has 45 heavy (non-hydrogen) atoms. The number of methoxy groups -OCH3 is 1. The van der Waals surface area contributed by atoms with E-state index in [1.165, 1.54) is 25.3 Å². The van der Waals surface area contributed by atoms with Crippen LogP contribution in [0.1, 0.15) is 0 Å². The fourth-order valence-electron chi connectivity index (χ4n) is 4.70. The highest BCUT2D eigenvalue weighted by molar-refractivity contribution is 5.88. The van der Waals surface area contributed by atoms with Crippen LogP contribution < -0.4 is 14.9 Å². The zero-order valence-corrected chi connectivity index (χ0v) is 23.6. The number of aromatic hydroxyl groups is 3. The quantitative estimate of drug-likeness (QED) is 0.0952. The molecule has 1 aliphatic heterocycles. The average Bonchev–Trinajstić information content (AvgIpc) is 3.02. The molecule has 11 N–H and O–H groups in total. The summed E-state index contributed by atoms with van der Waals surface area (Å²) in [6.45, 7) is -2.72. The third-order valence-corrected chi connectivity index (χ3v) is 7.22. The smallest absolute Gasteiger partial charge is 0.239 e. The van der Waals surface area contributed by atoms with Crippen LogP contribution in [0.3, 0.4) is 0 Å². The van der Waals surface area contributed by atoms with Crippen LogP contribution in [-0.4, -0.2) is 138 Å². The topological polar surface area (TPSA) is 290 Å². The highest BCUT2D eigenvalue weighted by Gasteiger charge is 2.46. The van der Waals surface area contributed by atoms with E-state index in [1.54, 1.807) is 0 Å². The summed E-state index contributed by atoms with van der Waals surface area (Å²) in [5.41, 5.74) is -1.18. The Morgan fingerprint density at radius 3 is 2.27 bits per heavy atom. The van der Waals surface area contributed by atoms with Crippen LogP contribution in [0.4, 0.5) is 0 Å². The van der Waals surface area contributed by atoms with Gasteiger partial charge in [0.05, 0.1) is 20.3 Å². The highest BCUT2D eigenvalue weighted by Crippen LogP contribution is 2.39. The maximum atomic E-state index is 13.7. The Hall–Kier alpha value is -3.75. The summed E-state index contributed by atoms with van der Waals surface area (Å²) in [5.74, 6) is -2.39. The number of hydrogen-bond acceptors (Lipinski definition) is 17. The normalized spacial score (nSPS) is 24.6. The van der Waals surface area contributed by atoms with Crippen LogP contribution in [0, 0.1) is 0 Å². The SMILES string of the molecule is COc1cc(-c2oc3cc(O)cc(O)c3c(=O)c2OC[C@@H](OC2OC(CO)C(O)C(O)C2O)C(O)C(O)C(O)CO)ccc1O. The van der Waals surface area contributed by atoms with Gasteiger partial charge in [0.1, 0.15) is 77.9 Å². The highest BCUT2D eigenvalue weighted by atomic mass is 16.7. The lowest BCUT2D eigenvalue weighted by Crippen LogP contribution is -2.61. The van der Waals surface area contributed by atoms with Crippen molar-refractivity contribution in [3.05, 3.63) is 40.6 Å². The predicted octanol–water partition coefficient (Wildman–Crippen LogP) is -2.78. The number of phenols is 3. The number of hydrogen-bond donors (Lipinski definition) is 11. The van der Waals surface area contributed by atoms with Gasteiger partial charge in [0.15, 0.2) is 23.5 Å². The molecule has 1 aliphatic rings. The van der Waals surface area contributed by atoms with Gasteiger partial charge < -0.3 is 79.5 Å². The van der Waals surface area contributed by atoms with Gasteiger partial charge in [-0.3, -0.25) is 4.79 Å². The van der Waals surface area contributed by atoms with Gasteiger partial charge in [-0.2, -0.15) is 0 Å². The first kappa shape index (κ1) is 34.1. The van der Waals surface area contributed by atoms with E-state index in [1.807, 2.05) is 0 Å². The lowest BCUT2D eigenvalue weighted by atomic mass is 9.99. The first-order valence-electron chi connectivity index (χ1n) is 13.5. The molecule has 2 aromatic carbocycles.